The molecule has 152 valence electrons. The molecule has 1 fully saturated rings. The number of carbonyl (C=O) groups excluding carboxylic acids is 2. The van der Waals surface area contributed by atoms with E-state index in [0.29, 0.717) is 24.0 Å². The number of fused-ring (bicyclic) bond motifs is 1. The predicted octanol–water partition coefficient (Wildman–Crippen LogP) is 4.05. The van der Waals surface area contributed by atoms with E-state index < -0.39 is 11.7 Å². The summed E-state index contributed by atoms with van der Waals surface area (Å²) in [5.74, 6) is 0.769. The standard InChI is InChI=1S/C20H26ClN3O4/c1-20(2,3)28-19(26)23(4)12-17(25)24-9-7-13(8-10-24)18-22-15-11-14(21)5-6-16(15)27-18/h5-6,11,13H,7-10,12H2,1-4H3. The molecule has 1 aromatic heterocycles. The van der Waals surface area contributed by atoms with Crippen LogP contribution in [0.2, 0.25) is 5.02 Å². The molecule has 7 nitrogen and oxygen atoms in total. The lowest BCUT2D eigenvalue weighted by Crippen LogP contribution is -2.45. The van der Waals surface area contributed by atoms with Crippen molar-refractivity contribution in [2.24, 2.45) is 0 Å². The molecule has 2 aromatic rings. The van der Waals surface area contributed by atoms with Crippen molar-refractivity contribution in [2.45, 2.75) is 45.1 Å². The third-order valence-corrected chi connectivity index (χ3v) is 4.88. The Bertz CT molecular complexity index is 866. The number of hydrogen-bond acceptors (Lipinski definition) is 5. The fourth-order valence-electron chi connectivity index (χ4n) is 3.18. The number of likely N-dealkylation sites (tertiary alicyclic amines) is 1. The molecule has 8 heteroatoms. The number of halogens is 1. The Balaban J connectivity index is 1.54. The normalized spacial score (nSPS) is 15.7. The van der Waals surface area contributed by atoms with Crippen molar-refractivity contribution in [2.75, 3.05) is 26.7 Å². The van der Waals surface area contributed by atoms with E-state index in [1.165, 1.54) is 4.90 Å². The van der Waals surface area contributed by atoms with Crippen molar-refractivity contribution in [1.29, 1.82) is 0 Å². The number of aromatic nitrogens is 1. The van der Waals surface area contributed by atoms with Crippen molar-refractivity contribution < 1.29 is 18.7 Å². The first-order valence-electron chi connectivity index (χ1n) is 9.40. The summed E-state index contributed by atoms with van der Waals surface area (Å²) in [5, 5.41) is 0.627. The summed E-state index contributed by atoms with van der Waals surface area (Å²) in [7, 11) is 1.57. The highest BCUT2D eigenvalue weighted by Gasteiger charge is 2.29. The van der Waals surface area contributed by atoms with Crippen molar-refractivity contribution in [3.63, 3.8) is 0 Å². The van der Waals surface area contributed by atoms with E-state index in [0.717, 1.165) is 23.9 Å². The van der Waals surface area contributed by atoms with Crippen LogP contribution in [-0.2, 0) is 9.53 Å². The first kappa shape index (κ1) is 20.5. The third-order valence-electron chi connectivity index (χ3n) is 4.64. The van der Waals surface area contributed by atoms with Gasteiger partial charge < -0.3 is 19.0 Å². The van der Waals surface area contributed by atoms with E-state index in [1.807, 2.05) is 6.07 Å². The molecule has 2 heterocycles. The van der Waals surface area contributed by atoms with Crippen LogP contribution in [0.4, 0.5) is 4.79 Å². The predicted molar refractivity (Wildman–Crippen MR) is 106 cm³/mol. The van der Waals surface area contributed by atoms with Gasteiger partial charge in [0.15, 0.2) is 11.5 Å². The van der Waals surface area contributed by atoms with Crippen molar-refractivity contribution in [1.82, 2.24) is 14.8 Å². The minimum Gasteiger partial charge on any atom is -0.444 e. The van der Waals surface area contributed by atoms with Gasteiger partial charge in [-0.2, -0.15) is 0 Å². The molecule has 0 unspecified atom stereocenters. The summed E-state index contributed by atoms with van der Waals surface area (Å²) in [6, 6.07) is 5.38. The second-order valence-corrected chi connectivity index (χ2v) is 8.59. The van der Waals surface area contributed by atoms with E-state index in [9.17, 15) is 9.59 Å². The molecule has 3 rings (SSSR count). The van der Waals surface area contributed by atoms with Gasteiger partial charge >= 0.3 is 6.09 Å². The fraction of sp³-hybridized carbons (Fsp3) is 0.550. The number of hydrogen-bond donors (Lipinski definition) is 0. The fourth-order valence-corrected chi connectivity index (χ4v) is 3.34. The number of amides is 2. The molecule has 1 aromatic carbocycles. The number of likely N-dealkylation sites (N-methyl/N-ethyl adjacent to an activating group) is 1. The van der Waals surface area contributed by atoms with Crippen molar-refractivity contribution >= 4 is 34.7 Å². The number of nitrogens with zero attached hydrogens (tertiary/aromatic N) is 3. The van der Waals surface area contributed by atoms with Crippen molar-refractivity contribution in [3.8, 4) is 0 Å². The maximum atomic E-state index is 12.5. The largest absolute Gasteiger partial charge is 0.444 e. The Morgan fingerprint density at radius 2 is 2.00 bits per heavy atom. The molecule has 0 N–H and O–H groups in total. The molecule has 0 saturated carbocycles. The quantitative estimate of drug-likeness (QED) is 0.767. The lowest BCUT2D eigenvalue weighted by atomic mass is 9.97. The highest BCUT2D eigenvalue weighted by Crippen LogP contribution is 2.30. The van der Waals surface area contributed by atoms with Crippen LogP contribution >= 0.6 is 11.6 Å². The molecular weight excluding hydrogens is 382 g/mol. The second kappa shape index (κ2) is 7.99. The van der Waals surface area contributed by atoms with Gasteiger partial charge in [-0.1, -0.05) is 11.6 Å². The van der Waals surface area contributed by atoms with Gasteiger partial charge in [-0.05, 0) is 51.8 Å². The molecule has 0 radical (unpaired) electrons. The number of carbonyl (C=O) groups is 2. The Morgan fingerprint density at radius 3 is 2.64 bits per heavy atom. The van der Waals surface area contributed by atoms with E-state index in [4.69, 9.17) is 20.8 Å². The summed E-state index contributed by atoms with van der Waals surface area (Å²) in [4.78, 5) is 32.2. The monoisotopic (exact) mass is 407 g/mol. The molecule has 1 aliphatic rings. The van der Waals surface area contributed by atoms with Gasteiger partial charge in [0.1, 0.15) is 17.7 Å². The van der Waals surface area contributed by atoms with Gasteiger partial charge in [0.05, 0.1) is 0 Å². The summed E-state index contributed by atoms with van der Waals surface area (Å²) in [6.07, 6.45) is 1.03. The zero-order valence-corrected chi connectivity index (χ0v) is 17.5. The van der Waals surface area contributed by atoms with Gasteiger partial charge in [-0.3, -0.25) is 4.79 Å². The summed E-state index contributed by atoms with van der Waals surface area (Å²) >= 11 is 6.00. The van der Waals surface area contributed by atoms with Crippen LogP contribution in [0.3, 0.4) is 0 Å². The van der Waals surface area contributed by atoms with E-state index in [2.05, 4.69) is 4.98 Å². The van der Waals surface area contributed by atoms with Gasteiger partial charge in [0, 0.05) is 31.1 Å². The highest BCUT2D eigenvalue weighted by atomic mass is 35.5. The molecular formula is C20H26ClN3O4. The maximum absolute atomic E-state index is 12.5. The first-order chi connectivity index (χ1) is 13.1. The van der Waals surface area contributed by atoms with Crippen LogP contribution in [0.1, 0.15) is 45.4 Å². The third kappa shape index (κ3) is 4.95. The second-order valence-electron chi connectivity index (χ2n) is 8.16. The topological polar surface area (TPSA) is 75.9 Å². The van der Waals surface area contributed by atoms with Crippen LogP contribution in [0.25, 0.3) is 11.1 Å². The molecule has 1 aliphatic heterocycles. The van der Waals surface area contributed by atoms with Gasteiger partial charge in [0.2, 0.25) is 5.91 Å². The molecule has 28 heavy (non-hydrogen) atoms. The van der Waals surface area contributed by atoms with E-state index >= 15 is 0 Å². The van der Waals surface area contributed by atoms with Crippen LogP contribution in [0.5, 0.6) is 0 Å². The summed E-state index contributed by atoms with van der Waals surface area (Å²) < 4.78 is 11.1. The SMILES string of the molecule is CN(CC(=O)N1CCC(c2nc3cc(Cl)ccc3o2)CC1)C(=O)OC(C)(C)C. The van der Waals surface area contributed by atoms with Gasteiger partial charge in [0.25, 0.3) is 0 Å². The average Bonchev–Trinajstić information content (AvgIpc) is 3.03. The Hall–Kier alpha value is -2.28. The minimum atomic E-state index is -0.587. The number of piperidine rings is 1. The molecule has 1 saturated heterocycles. The maximum Gasteiger partial charge on any atom is 0.410 e. The summed E-state index contributed by atoms with van der Waals surface area (Å²) in [5.41, 5.74) is 0.883. The molecule has 0 atom stereocenters. The van der Waals surface area contributed by atoms with E-state index in [-0.39, 0.29) is 18.4 Å². The number of oxazole rings is 1. The number of benzene rings is 1. The zero-order valence-electron chi connectivity index (χ0n) is 16.7. The number of ether oxygens (including phenoxy) is 1. The average molecular weight is 408 g/mol. The van der Waals surface area contributed by atoms with Crippen LogP contribution < -0.4 is 0 Å². The van der Waals surface area contributed by atoms with Gasteiger partial charge in [-0.15, -0.1) is 0 Å². The first-order valence-corrected chi connectivity index (χ1v) is 9.78. The molecule has 0 bridgehead atoms. The molecule has 0 aliphatic carbocycles. The lowest BCUT2D eigenvalue weighted by Gasteiger charge is -2.32. The minimum absolute atomic E-state index is 0.000959. The summed E-state index contributed by atoms with van der Waals surface area (Å²) in [6.45, 7) is 6.60. The Labute approximate surface area is 169 Å². The molecule has 0 spiro atoms. The van der Waals surface area contributed by atoms with Gasteiger partial charge in [-0.25, -0.2) is 9.78 Å². The van der Waals surface area contributed by atoms with Crippen molar-refractivity contribution in [3.05, 3.63) is 29.1 Å². The zero-order chi connectivity index (χ0) is 20.5. The highest BCUT2D eigenvalue weighted by molar-refractivity contribution is 6.31. The molecule has 2 amide bonds. The smallest absolute Gasteiger partial charge is 0.410 e. The Morgan fingerprint density at radius 1 is 1.32 bits per heavy atom. The van der Waals surface area contributed by atoms with Crippen LogP contribution in [0.15, 0.2) is 22.6 Å². The van der Waals surface area contributed by atoms with Crippen LogP contribution in [-0.4, -0.2) is 59.1 Å². The Kier molecular flexibility index (Phi) is 5.84. The lowest BCUT2D eigenvalue weighted by molar-refractivity contribution is -0.133. The number of rotatable bonds is 3. The van der Waals surface area contributed by atoms with Crippen LogP contribution in [0, 0.1) is 0 Å². The van der Waals surface area contributed by atoms with E-state index in [1.54, 1.807) is 44.9 Å².